The number of fused-ring (bicyclic) bond motifs is 4. The van der Waals surface area contributed by atoms with Crippen LogP contribution in [-0.2, 0) is 57.8 Å². The predicted molar refractivity (Wildman–Crippen MR) is 254 cm³/mol. The molecule has 0 aromatic heterocycles. The van der Waals surface area contributed by atoms with Gasteiger partial charge in [0.25, 0.3) is 0 Å². The predicted octanol–water partition coefficient (Wildman–Crippen LogP) is 12.6. The fourth-order valence-corrected chi connectivity index (χ4v) is 14.4. The van der Waals surface area contributed by atoms with Gasteiger partial charge in [-0.05, 0) is 140 Å². The normalized spacial score (nSPS) is 18.9. The number of rotatable bonds is 6. The van der Waals surface area contributed by atoms with Gasteiger partial charge in [-0.15, -0.1) is 23.5 Å². The van der Waals surface area contributed by atoms with E-state index in [0.717, 1.165) is 19.4 Å². The number of nitrogens with one attached hydrogen (secondary N) is 1. The van der Waals surface area contributed by atoms with Crippen LogP contribution in [-0.4, -0.2) is 22.6 Å². The SMILES string of the molecule is CC(C)(C)c1cc(P(c2cc(C(C)(C)C)cc(C(C)(C)C)c2)c2cccc3c2[C@]2(CCc4cccc(NCC5SCCCS5)c42)CC3)cc(C(C)(C)C)c1.[Cl][IrH2]. The van der Waals surface area contributed by atoms with Crippen LogP contribution in [0.5, 0.6) is 0 Å². The van der Waals surface area contributed by atoms with Gasteiger partial charge in [-0.2, -0.15) is 0 Å². The molecule has 0 bridgehead atoms. The van der Waals surface area contributed by atoms with Gasteiger partial charge < -0.3 is 5.32 Å². The molecule has 6 heteroatoms. The van der Waals surface area contributed by atoms with Crippen molar-refractivity contribution in [1.29, 1.82) is 0 Å². The molecular formula is C50H68ClIrNPS2. The van der Waals surface area contributed by atoms with E-state index in [1.807, 2.05) is 0 Å². The summed E-state index contributed by atoms with van der Waals surface area (Å²) < 4.78 is 0.630. The molecule has 1 saturated heterocycles. The van der Waals surface area contributed by atoms with Crippen LogP contribution in [0, 0.1) is 0 Å². The zero-order chi connectivity index (χ0) is 40.8. The van der Waals surface area contributed by atoms with Gasteiger partial charge in [0, 0.05) is 17.6 Å². The first-order valence-electron chi connectivity index (χ1n) is 20.7. The number of thioether (sulfide) groups is 2. The minimum absolute atomic E-state index is 0.0290. The van der Waals surface area contributed by atoms with E-state index in [0.29, 0.717) is 4.58 Å². The molecule has 306 valence electrons. The summed E-state index contributed by atoms with van der Waals surface area (Å²) in [4.78, 5) is 0. The van der Waals surface area contributed by atoms with Crippen LogP contribution < -0.4 is 21.2 Å². The third kappa shape index (κ3) is 9.22. The van der Waals surface area contributed by atoms with Gasteiger partial charge in [-0.1, -0.05) is 150 Å². The van der Waals surface area contributed by atoms with Crippen LogP contribution in [0.3, 0.4) is 0 Å². The average Bonchev–Trinajstić information content (AvgIpc) is 3.72. The van der Waals surface area contributed by atoms with E-state index in [9.17, 15) is 0 Å². The van der Waals surface area contributed by atoms with E-state index in [1.165, 1.54) is 87.2 Å². The molecule has 0 saturated carbocycles. The van der Waals surface area contributed by atoms with E-state index in [2.05, 4.69) is 185 Å². The first-order valence-corrected chi connectivity index (χ1v) is 27.5. The van der Waals surface area contributed by atoms with Crippen molar-refractivity contribution in [2.45, 2.75) is 147 Å². The Morgan fingerprint density at radius 1 is 0.625 bits per heavy atom. The molecule has 0 radical (unpaired) electrons. The van der Waals surface area contributed by atoms with Gasteiger partial charge >= 0.3 is 27.5 Å². The molecule has 1 fully saturated rings. The Hall–Kier alpha value is -1.25. The number of hydrogen-bond acceptors (Lipinski definition) is 3. The minimum atomic E-state index is -0.889. The molecule has 1 nitrogen and oxygen atoms in total. The third-order valence-electron chi connectivity index (χ3n) is 12.3. The van der Waals surface area contributed by atoms with Crippen LogP contribution in [0.2, 0.25) is 0 Å². The van der Waals surface area contributed by atoms with E-state index in [1.54, 1.807) is 27.6 Å². The monoisotopic (exact) mass is 1010 g/mol. The third-order valence-corrected chi connectivity index (χ3v) is 17.6. The molecule has 1 atom stereocenters. The fourth-order valence-electron chi connectivity index (χ4n) is 8.99. The van der Waals surface area contributed by atoms with Crippen molar-refractivity contribution >= 4 is 62.6 Å². The molecule has 2 aliphatic carbocycles. The standard InChI is InChI=1S/C50H66NPS2.ClH.Ir.2H/c1-46(2,3)35-26-36(47(4,5)6)29-39(28-35)52(40-30-37(48(7,8)9)27-38(31-40)49(10,11)12)42-19-14-17-34-21-23-50(45(34)42)22-20-33-16-13-18-41(44(33)50)51-32-43-53-24-15-25-54-43;;;;/h13-14,16-19,26-31,43,51H,15,20-25,32H2,1-12H3;1H;;;/q;;+1;;/p-1/t50-;;;;/m1..../s1. The molecule has 3 aliphatic rings. The first-order chi connectivity index (χ1) is 26.3. The maximum atomic E-state index is 4.69. The van der Waals surface area contributed by atoms with Gasteiger partial charge in [-0.25, -0.2) is 0 Å². The van der Waals surface area contributed by atoms with Crippen LogP contribution in [0.25, 0.3) is 0 Å². The van der Waals surface area contributed by atoms with Gasteiger partial charge in [0.2, 0.25) is 0 Å². The molecule has 1 spiro atoms. The Labute approximate surface area is 365 Å². The van der Waals surface area contributed by atoms with E-state index in [4.69, 9.17) is 9.58 Å². The van der Waals surface area contributed by atoms with Gasteiger partial charge in [0.1, 0.15) is 0 Å². The Bertz CT molecular complexity index is 1880. The Morgan fingerprint density at radius 3 is 1.50 bits per heavy atom. The molecule has 7 rings (SSSR count). The van der Waals surface area contributed by atoms with Crippen molar-refractivity contribution in [3.05, 3.63) is 117 Å². The van der Waals surface area contributed by atoms with Crippen molar-refractivity contribution in [2.24, 2.45) is 0 Å². The molecule has 4 aromatic carbocycles. The number of benzene rings is 4. The van der Waals surface area contributed by atoms with Crippen LogP contribution in [0.1, 0.15) is 147 Å². The second-order valence-electron chi connectivity index (χ2n) is 20.5. The summed E-state index contributed by atoms with van der Waals surface area (Å²) in [6.45, 7) is 29.7. The van der Waals surface area contributed by atoms with Crippen molar-refractivity contribution in [3.8, 4) is 0 Å². The second-order valence-corrected chi connectivity index (χ2v) is 25.6. The number of anilines is 1. The summed E-state index contributed by atoms with van der Waals surface area (Å²) in [7, 11) is 3.81. The molecule has 1 aliphatic heterocycles. The summed E-state index contributed by atoms with van der Waals surface area (Å²) in [6.07, 6.45) is 6.05. The summed E-state index contributed by atoms with van der Waals surface area (Å²) >= 11 is 5.48. The number of halogens is 1. The Balaban J connectivity index is 0.00000262. The van der Waals surface area contributed by atoms with Gasteiger partial charge in [0.05, 0.1) is 4.58 Å². The fraction of sp³-hybridized carbons (Fsp3) is 0.520. The maximum absolute atomic E-state index is 4.69. The molecule has 4 aromatic rings. The average molecular weight is 1010 g/mol. The van der Waals surface area contributed by atoms with Crippen LogP contribution in [0.4, 0.5) is 5.69 Å². The van der Waals surface area contributed by atoms with Crippen molar-refractivity contribution in [1.82, 2.24) is 0 Å². The first kappa shape index (κ1) is 44.3. The van der Waals surface area contributed by atoms with Crippen molar-refractivity contribution < 1.29 is 17.9 Å². The van der Waals surface area contributed by atoms with E-state index < -0.39 is 7.92 Å². The molecule has 0 unspecified atom stereocenters. The summed E-state index contributed by atoms with van der Waals surface area (Å²) in [5, 5.41) is 8.65. The van der Waals surface area contributed by atoms with Crippen LogP contribution in [0.15, 0.2) is 72.8 Å². The van der Waals surface area contributed by atoms with E-state index in [-0.39, 0.29) is 27.1 Å². The zero-order valence-corrected chi connectivity index (χ0v) is 42.2. The molecule has 56 heavy (non-hydrogen) atoms. The van der Waals surface area contributed by atoms with Crippen molar-refractivity contribution in [2.75, 3.05) is 23.4 Å². The van der Waals surface area contributed by atoms with Crippen molar-refractivity contribution in [3.63, 3.8) is 0 Å². The molecule has 0 amide bonds. The summed E-state index contributed by atoms with van der Waals surface area (Å²) in [5.74, 6) is 2.58. The topological polar surface area (TPSA) is 12.0 Å². The summed E-state index contributed by atoms with van der Waals surface area (Å²) in [5.41, 5.74) is 13.8. The van der Waals surface area contributed by atoms with Crippen LogP contribution >= 0.6 is 41.0 Å². The summed E-state index contributed by atoms with van der Waals surface area (Å²) in [6, 6.07) is 30.0. The quantitative estimate of drug-likeness (QED) is 0.193. The molecule has 1 N–H and O–H groups in total. The number of hydrogen-bond donors (Lipinski definition) is 1. The Kier molecular flexibility index (Phi) is 13.5. The number of aryl methyl sites for hydroxylation is 2. The second kappa shape index (κ2) is 17.0. The van der Waals surface area contributed by atoms with Gasteiger partial charge in [0.15, 0.2) is 0 Å². The zero-order valence-electron chi connectivity index (χ0n) is 36.2. The molecular weight excluding hydrogens is 937 g/mol. The Morgan fingerprint density at radius 2 is 1.05 bits per heavy atom. The van der Waals surface area contributed by atoms with Gasteiger partial charge in [-0.3, -0.25) is 0 Å². The molecule has 1 heterocycles. The van der Waals surface area contributed by atoms with E-state index >= 15 is 0 Å².